The van der Waals surface area contributed by atoms with E-state index < -0.39 is 30.4 Å². The van der Waals surface area contributed by atoms with Crippen molar-refractivity contribution in [3.05, 3.63) is 57.4 Å². The van der Waals surface area contributed by atoms with Crippen LogP contribution in [0.15, 0.2) is 46.8 Å². The molecule has 29 heavy (non-hydrogen) atoms. The Bertz CT molecular complexity index is 875. The third kappa shape index (κ3) is 5.16. The van der Waals surface area contributed by atoms with E-state index in [1.54, 1.807) is 38.1 Å². The van der Waals surface area contributed by atoms with Crippen LogP contribution in [0.2, 0.25) is 5.02 Å². The van der Waals surface area contributed by atoms with Gasteiger partial charge in [0.05, 0.1) is 43.1 Å². The zero-order valence-corrected chi connectivity index (χ0v) is 17.0. The summed E-state index contributed by atoms with van der Waals surface area (Å²) in [5.41, 5.74) is 1.54. The molecule has 2 N–H and O–H groups in total. The summed E-state index contributed by atoms with van der Waals surface area (Å²) in [7, 11) is 1.24. The maximum absolute atomic E-state index is 12.9. The monoisotopic (exact) mass is 423 g/mol. The molecule has 0 bridgehead atoms. The molecule has 0 amide bonds. The number of ether oxygens (including phenoxy) is 3. The van der Waals surface area contributed by atoms with Gasteiger partial charge in [0.15, 0.2) is 0 Å². The molecule has 8 nitrogen and oxygen atoms in total. The molecule has 0 aliphatic carbocycles. The SMILES string of the molecule is CCOC(=O)C1=C(COCC(=O)O)NC(C)=C(C(=O)OC)[C@H]1c1ccccc1Cl. The van der Waals surface area contributed by atoms with Crippen LogP contribution < -0.4 is 5.32 Å². The highest BCUT2D eigenvalue weighted by Gasteiger charge is 2.39. The molecule has 156 valence electrons. The molecule has 9 heteroatoms. The number of methoxy groups -OCH3 is 1. The van der Waals surface area contributed by atoms with E-state index in [-0.39, 0.29) is 24.4 Å². The van der Waals surface area contributed by atoms with Crippen molar-refractivity contribution in [3.63, 3.8) is 0 Å². The summed E-state index contributed by atoms with van der Waals surface area (Å²) in [5.74, 6) is -3.33. The van der Waals surface area contributed by atoms with E-state index in [4.69, 9.17) is 30.9 Å². The van der Waals surface area contributed by atoms with Crippen molar-refractivity contribution in [1.82, 2.24) is 5.32 Å². The third-order valence-corrected chi connectivity index (χ3v) is 4.58. The van der Waals surface area contributed by atoms with E-state index in [1.165, 1.54) is 7.11 Å². The predicted molar refractivity (Wildman–Crippen MR) is 104 cm³/mol. The molecule has 0 unspecified atom stereocenters. The van der Waals surface area contributed by atoms with Crippen LogP contribution in [-0.4, -0.2) is 49.9 Å². The maximum Gasteiger partial charge on any atom is 0.336 e. The number of hydrogen-bond donors (Lipinski definition) is 2. The minimum absolute atomic E-state index is 0.108. The Morgan fingerprint density at radius 2 is 1.86 bits per heavy atom. The average Bonchev–Trinajstić information content (AvgIpc) is 2.67. The smallest absolute Gasteiger partial charge is 0.336 e. The van der Waals surface area contributed by atoms with E-state index in [0.717, 1.165) is 0 Å². The molecular formula is C20H22ClNO7. The number of allylic oxidation sites excluding steroid dienone is 1. The van der Waals surface area contributed by atoms with Crippen LogP contribution in [0.4, 0.5) is 0 Å². The lowest BCUT2D eigenvalue weighted by Crippen LogP contribution is -2.35. The van der Waals surface area contributed by atoms with Crippen LogP contribution in [-0.2, 0) is 28.6 Å². The second kappa shape index (κ2) is 10.1. The molecular weight excluding hydrogens is 402 g/mol. The minimum atomic E-state index is -1.15. The van der Waals surface area contributed by atoms with Gasteiger partial charge < -0.3 is 24.6 Å². The molecule has 1 aromatic carbocycles. The molecule has 0 spiro atoms. The fraction of sp³-hybridized carbons (Fsp3) is 0.350. The van der Waals surface area contributed by atoms with Crippen LogP contribution in [0, 0.1) is 0 Å². The van der Waals surface area contributed by atoms with Gasteiger partial charge >= 0.3 is 17.9 Å². The van der Waals surface area contributed by atoms with Gasteiger partial charge in [0, 0.05) is 10.7 Å². The Kier molecular flexibility index (Phi) is 7.81. The largest absolute Gasteiger partial charge is 0.480 e. The standard InChI is InChI=1S/C20H22ClNO7/c1-4-29-20(26)18-14(9-28-10-15(23)24)22-11(2)16(19(25)27-3)17(18)12-7-5-6-8-13(12)21/h5-8,17,22H,4,9-10H2,1-3H3,(H,23,24)/t17-/m1/s1. The second-order valence-electron chi connectivity index (χ2n) is 6.11. The Morgan fingerprint density at radius 1 is 1.17 bits per heavy atom. The highest BCUT2D eigenvalue weighted by molar-refractivity contribution is 6.31. The van der Waals surface area contributed by atoms with E-state index in [1.807, 2.05) is 0 Å². The van der Waals surface area contributed by atoms with Gasteiger partial charge in [-0.2, -0.15) is 0 Å². The van der Waals surface area contributed by atoms with Crippen molar-refractivity contribution in [3.8, 4) is 0 Å². The summed E-state index contributed by atoms with van der Waals surface area (Å²) >= 11 is 6.38. The van der Waals surface area contributed by atoms with Crippen LogP contribution in [0.25, 0.3) is 0 Å². The lowest BCUT2D eigenvalue weighted by atomic mass is 9.80. The van der Waals surface area contributed by atoms with Gasteiger partial charge in [0.1, 0.15) is 6.61 Å². The maximum atomic E-state index is 12.9. The first-order valence-electron chi connectivity index (χ1n) is 8.82. The fourth-order valence-electron chi connectivity index (χ4n) is 3.10. The number of hydrogen-bond acceptors (Lipinski definition) is 7. The minimum Gasteiger partial charge on any atom is -0.480 e. The van der Waals surface area contributed by atoms with Gasteiger partial charge in [0.25, 0.3) is 0 Å². The molecule has 1 aliphatic heterocycles. The topological polar surface area (TPSA) is 111 Å². The van der Waals surface area contributed by atoms with Crippen LogP contribution >= 0.6 is 11.6 Å². The normalized spacial score (nSPS) is 16.3. The zero-order chi connectivity index (χ0) is 21.6. The number of esters is 2. The summed E-state index contributed by atoms with van der Waals surface area (Å²) in [6.07, 6.45) is 0. The summed E-state index contributed by atoms with van der Waals surface area (Å²) in [6, 6.07) is 6.80. The Morgan fingerprint density at radius 3 is 2.45 bits per heavy atom. The number of halogens is 1. The lowest BCUT2D eigenvalue weighted by molar-refractivity contribution is -0.142. The first kappa shape index (κ1) is 22.4. The average molecular weight is 424 g/mol. The number of rotatable bonds is 8. The molecule has 0 fully saturated rings. The van der Waals surface area contributed by atoms with Crippen molar-refractivity contribution in [2.45, 2.75) is 19.8 Å². The molecule has 0 saturated heterocycles. The van der Waals surface area contributed by atoms with Crippen molar-refractivity contribution >= 4 is 29.5 Å². The molecule has 1 aromatic rings. The Hall–Kier alpha value is -2.84. The van der Waals surface area contributed by atoms with Gasteiger partial charge in [-0.1, -0.05) is 29.8 Å². The van der Waals surface area contributed by atoms with E-state index in [0.29, 0.717) is 22.0 Å². The molecule has 2 rings (SSSR count). The quantitative estimate of drug-likeness (QED) is 0.613. The number of nitrogens with one attached hydrogen (secondary N) is 1. The van der Waals surface area contributed by atoms with Gasteiger partial charge in [-0.25, -0.2) is 14.4 Å². The second-order valence-corrected chi connectivity index (χ2v) is 6.52. The molecule has 1 atom stereocenters. The Balaban J connectivity index is 2.66. The summed E-state index contributed by atoms with van der Waals surface area (Å²) in [5, 5.41) is 12.1. The Labute approximate surface area is 173 Å². The number of dihydropyridines is 1. The molecule has 0 radical (unpaired) electrons. The van der Waals surface area contributed by atoms with E-state index >= 15 is 0 Å². The number of carbonyl (C=O) groups excluding carboxylic acids is 2. The molecule has 0 aromatic heterocycles. The first-order chi connectivity index (χ1) is 13.8. The highest BCUT2D eigenvalue weighted by atomic mass is 35.5. The van der Waals surface area contributed by atoms with Crippen molar-refractivity contribution in [1.29, 1.82) is 0 Å². The molecule has 1 aliphatic rings. The number of aliphatic carboxylic acids is 1. The van der Waals surface area contributed by atoms with Crippen LogP contribution in [0.3, 0.4) is 0 Å². The summed E-state index contributed by atoms with van der Waals surface area (Å²) in [6.45, 7) is 2.66. The third-order valence-electron chi connectivity index (χ3n) is 4.23. The predicted octanol–water partition coefficient (Wildman–Crippen LogP) is 2.39. The lowest BCUT2D eigenvalue weighted by Gasteiger charge is -2.31. The zero-order valence-electron chi connectivity index (χ0n) is 16.3. The van der Waals surface area contributed by atoms with Crippen molar-refractivity contribution in [2.75, 3.05) is 26.9 Å². The summed E-state index contributed by atoms with van der Waals surface area (Å²) < 4.78 is 15.3. The van der Waals surface area contributed by atoms with Gasteiger partial charge in [-0.05, 0) is 25.5 Å². The van der Waals surface area contributed by atoms with Crippen LogP contribution in [0.1, 0.15) is 25.3 Å². The number of benzene rings is 1. The van der Waals surface area contributed by atoms with E-state index in [2.05, 4.69) is 5.32 Å². The van der Waals surface area contributed by atoms with Gasteiger partial charge in [-0.3, -0.25) is 0 Å². The number of carbonyl (C=O) groups is 3. The summed E-state index contributed by atoms with van der Waals surface area (Å²) in [4.78, 5) is 36.2. The van der Waals surface area contributed by atoms with Gasteiger partial charge in [0.2, 0.25) is 0 Å². The highest BCUT2D eigenvalue weighted by Crippen LogP contribution is 2.41. The fourth-order valence-corrected chi connectivity index (χ4v) is 3.35. The van der Waals surface area contributed by atoms with Crippen LogP contribution in [0.5, 0.6) is 0 Å². The molecule has 0 saturated carbocycles. The van der Waals surface area contributed by atoms with Gasteiger partial charge in [-0.15, -0.1) is 0 Å². The van der Waals surface area contributed by atoms with E-state index in [9.17, 15) is 14.4 Å². The first-order valence-corrected chi connectivity index (χ1v) is 9.19. The number of carboxylic acid groups (broad SMARTS) is 1. The van der Waals surface area contributed by atoms with Crippen molar-refractivity contribution < 1.29 is 33.7 Å². The number of carboxylic acids is 1. The molecule has 1 heterocycles. The van der Waals surface area contributed by atoms with Crippen molar-refractivity contribution in [2.24, 2.45) is 0 Å².